The molecule has 1 aromatic heterocycles. The zero-order valence-electron chi connectivity index (χ0n) is 20.7. The van der Waals surface area contributed by atoms with Crippen molar-refractivity contribution >= 4 is 0 Å². The van der Waals surface area contributed by atoms with E-state index in [1.165, 1.54) is 0 Å². The smallest absolute Gasteiger partial charge is 0.493 e. The summed E-state index contributed by atoms with van der Waals surface area (Å²) < 4.78 is 17.4. The van der Waals surface area contributed by atoms with E-state index < -0.39 is 11.4 Å². The number of nitrogens with zero attached hydrogens (tertiary/aromatic N) is 2. The number of aliphatic hydroxyl groups excluding tert-OH is 1. The van der Waals surface area contributed by atoms with Gasteiger partial charge in [-0.1, -0.05) is 30.3 Å². The Hall–Kier alpha value is -3.04. The average molecular weight is 499 g/mol. The molecule has 8 nitrogen and oxygen atoms in total. The van der Waals surface area contributed by atoms with Crippen LogP contribution >= 0.6 is 0 Å². The van der Waals surface area contributed by atoms with Crippen molar-refractivity contribution in [3.63, 3.8) is 0 Å². The molecule has 0 amide bonds. The molecule has 0 bridgehead atoms. The molecule has 0 saturated carbocycles. The molecule has 182 valence electrons. The summed E-state index contributed by atoms with van der Waals surface area (Å²) >= 11 is 0. The second-order valence-corrected chi connectivity index (χ2v) is 8.28. The molecule has 1 heterocycles. The predicted molar refractivity (Wildman–Crippen MR) is 131 cm³/mol. The molecule has 0 aliphatic heterocycles. The summed E-state index contributed by atoms with van der Waals surface area (Å²) in [6.07, 6.45) is 0.606. The second kappa shape index (κ2) is 12.8. The van der Waals surface area contributed by atoms with Crippen molar-refractivity contribution in [2.75, 3.05) is 13.2 Å². The third-order valence-corrected chi connectivity index (χ3v) is 5.54. The van der Waals surface area contributed by atoms with E-state index in [9.17, 15) is 9.59 Å². The van der Waals surface area contributed by atoms with Crippen molar-refractivity contribution in [1.82, 2.24) is 9.72 Å². The van der Waals surface area contributed by atoms with Crippen molar-refractivity contribution in [3.05, 3.63) is 104 Å². The first-order valence-electron chi connectivity index (χ1n) is 11.3. The van der Waals surface area contributed by atoms with Gasteiger partial charge in [-0.2, -0.15) is 0 Å². The Bertz CT molecular complexity index is 1380. The van der Waals surface area contributed by atoms with Crippen LogP contribution in [0.15, 0.2) is 74.8 Å². The molecule has 3 aromatic carbocycles. The average Bonchev–Trinajstić information content (AvgIpc) is 3.15. The van der Waals surface area contributed by atoms with E-state index in [4.69, 9.17) is 19.1 Å². The molecule has 1 N–H and O–H groups in total. The largest absolute Gasteiger partial charge is 1.00 e. The van der Waals surface area contributed by atoms with Gasteiger partial charge >= 0.3 is 35.3 Å². The van der Waals surface area contributed by atoms with E-state index in [2.05, 4.69) is 31.0 Å². The first-order chi connectivity index (χ1) is 16.9. The predicted octanol–water partition coefficient (Wildman–Crippen LogP) is 0.435. The molecule has 0 saturated heterocycles. The molecule has 0 radical (unpaired) electrons. The first kappa shape index (κ1) is 27.5. The van der Waals surface area contributed by atoms with Gasteiger partial charge in [0.05, 0.1) is 6.61 Å². The number of ether oxygens (including phenoxy) is 2. The minimum absolute atomic E-state index is 0. The Morgan fingerprint density at radius 2 is 1.64 bits per heavy atom. The van der Waals surface area contributed by atoms with E-state index in [0.29, 0.717) is 25.4 Å². The van der Waals surface area contributed by atoms with Gasteiger partial charge in [0.2, 0.25) is 0 Å². The van der Waals surface area contributed by atoms with Gasteiger partial charge < -0.3 is 24.1 Å². The van der Waals surface area contributed by atoms with Crippen LogP contribution in [0.3, 0.4) is 0 Å². The van der Waals surface area contributed by atoms with Crippen LogP contribution < -0.4 is 55.5 Å². The van der Waals surface area contributed by atoms with Gasteiger partial charge in [0.1, 0.15) is 18.1 Å². The van der Waals surface area contributed by atoms with Crippen molar-refractivity contribution in [2.24, 2.45) is 0 Å². The number of hydrogen-bond acceptors (Lipinski definition) is 6. The molecule has 36 heavy (non-hydrogen) atoms. The maximum Gasteiger partial charge on any atom is 1.00 e. The van der Waals surface area contributed by atoms with Gasteiger partial charge in [0.15, 0.2) is 5.69 Å². The Labute approximate surface area is 230 Å². The summed E-state index contributed by atoms with van der Waals surface area (Å²) in [5.74, 6) is 0.594. The van der Waals surface area contributed by atoms with Crippen LogP contribution in [0.2, 0.25) is 0 Å². The Kier molecular flexibility index (Phi) is 9.78. The molecule has 9 heteroatoms. The molecule has 0 atom stereocenters. The zero-order chi connectivity index (χ0) is 24.8. The van der Waals surface area contributed by atoms with Crippen LogP contribution in [0.4, 0.5) is 0 Å². The van der Waals surface area contributed by atoms with Crippen LogP contribution in [-0.2, 0) is 13.2 Å². The Morgan fingerprint density at radius 1 is 0.917 bits per heavy atom. The van der Waals surface area contributed by atoms with Gasteiger partial charge in [-0.15, -0.1) is 0 Å². The molecule has 0 fully saturated rings. The van der Waals surface area contributed by atoms with Crippen LogP contribution in [-0.4, -0.2) is 23.1 Å². The summed E-state index contributed by atoms with van der Waals surface area (Å²) in [6, 6.07) is 19.5. The molecule has 0 aliphatic rings. The summed E-state index contributed by atoms with van der Waals surface area (Å²) in [5, 5.41) is 8.95. The van der Waals surface area contributed by atoms with Gasteiger partial charge in [0, 0.05) is 19.6 Å². The van der Waals surface area contributed by atoms with Crippen molar-refractivity contribution in [2.45, 2.75) is 33.4 Å². The van der Waals surface area contributed by atoms with E-state index in [-0.39, 0.29) is 42.7 Å². The number of aryl methyl sites for hydroxylation is 2. The van der Waals surface area contributed by atoms with E-state index in [1.807, 2.05) is 48.5 Å². The molecule has 4 aromatic rings. The summed E-state index contributed by atoms with van der Waals surface area (Å²) in [5.41, 5.74) is 5.62. The SMILES string of the molecule is Cc1cc(OCCCO)cc(C)c1-c1cccc(COc2ccc(Cn3oc(=O)[n-]c3=O)cc2)c1.[Na+]. The monoisotopic (exact) mass is 498 g/mol. The van der Waals surface area contributed by atoms with Gasteiger partial charge in [0.25, 0.3) is 0 Å². The minimum Gasteiger partial charge on any atom is -0.493 e. The van der Waals surface area contributed by atoms with Crippen molar-refractivity contribution in [3.8, 4) is 22.6 Å². The fraction of sp³-hybridized carbons (Fsp3) is 0.259. The fourth-order valence-corrected chi connectivity index (χ4v) is 3.94. The zero-order valence-corrected chi connectivity index (χ0v) is 22.7. The van der Waals surface area contributed by atoms with Crippen LogP contribution in [0.1, 0.15) is 28.7 Å². The minimum atomic E-state index is -0.898. The molecule has 4 rings (SSSR count). The van der Waals surface area contributed by atoms with E-state index >= 15 is 0 Å². The number of rotatable bonds is 10. The normalized spacial score (nSPS) is 10.6. The number of benzene rings is 3. The maximum atomic E-state index is 11.5. The van der Waals surface area contributed by atoms with Crippen molar-refractivity contribution < 1.29 is 48.7 Å². The van der Waals surface area contributed by atoms with E-state index in [0.717, 1.165) is 43.9 Å². The topological polar surface area (TPSA) is 105 Å². The maximum absolute atomic E-state index is 11.5. The first-order valence-corrected chi connectivity index (χ1v) is 11.3. The summed E-state index contributed by atoms with van der Waals surface area (Å²) in [7, 11) is 0. The third kappa shape index (κ3) is 7.01. The Balaban J connectivity index is 0.00000361. The van der Waals surface area contributed by atoms with Gasteiger partial charge in [-0.25, -0.2) is 4.79 Å². The summed E-state index contributed by atoms with van der Waals surface area (Å²) in [6.45, 7) is 5.26. The molecule has 0 unspecified atom stereocenters. The van der Waals surface area contributed by atoms with Crippen LogP contribution in [0, 0.1) is 13.8 Å². The number of hydrogen-bond donors (Lipinski definition) is 1. The molecular weight excluding hydrogens is 471 g/mol. The third-order valence-electron chi connectivity index (χ3n) is 5.54. The fourth-order valence-electron chi connectivity index (χ4n) is 3.94. The molecule has 0 spiro atoms. The number of aliphatic hydroxyl groups is 1. The van der Waals surface area contributed by atoms with Gasteiger partial charge in [-0.3, -0.25) is 9.53 Å². The van der Waals surface area contributed by atoms with E-state index in [1.54, 1.807) is 0 Å². The van der Waals surface area contributed by atoms with Gasteiger partial charge in [-0.05, 0) is 77.6 Å². The van der Waals surface area contributed by atoms with Crippen LogP contribution in [0.25, 0.3) is 11.1 Å². The Morgan fingerprint density at radius 3 is 2.28 bits per heavy atom. The van der Waals surface area contributed by atoms with Crippen molar-refractivity contribution in [1.29, 1.82) is 0 Å². The van der Waals surface area contributed by atoms with Crippen LogP contribution in [0.5, 0.6) is 11.5 Å². The number of aromatic nitrogens is 2. The quantitative estimate of drug-likeness (QED) is 0.250. The second-order valence-electron chi connectivity index (χ2n) is 8.28. The standard InChI is InChI=1S/C27H28N2O6.Na/c1-18-13-24(33-12-4-11-30)14-19(2)25(18)22-6-3-5-21(15-22)17-34-23-9-7-20(8-10-23)16-29-26(31)28-27(32)35-29;/h3,5-10,13-15,30H,4,11-12,16-17H2,1-2H3,(H,28,31,32);/q;+1/p-1. The summed E-state index contributed by atoms with van der Waals surface area (Å²) in [4.78, 5) is 25.8. The molecular formula is C27H27N2NaO6. The molecule has 0 aliphatic carbocycles.